The highest BCUT2D eigenvalue weighted by Crippen LogP contribution is 2.11. The van der Waals surface area contributed by atoms with Gasteiger partial charge in [0.15, 0.2) is 0 Å². The molecule has 1 aliphatic rings. The molecule has 0 radical (unpaired) electrons. The molecule has 0 saturated carbocycles. The molecule has 0 aliphatic carbocycles. The third-order valence-electron chi connectivity index (χ3n) is 3.11. The van der Waals surface area contributed by atoms with Crippen LogP contribution < -0.4 is 10.6 Å². The van der Waals surface area contributed by atoms with Gasteiger partial charge in [0.05, 0.1) is 31.3 Å². The van der Waals surface area contributed by atoms with Crippen LogP contribution in [0.2, 0.25) is 0 Å². The second-order valence-corrected chi connectivity index (χ2v) is 4.32. The molecule has 1 aromatic heterocycles. The van der Waals surface area contributed by atoms with Crippen LogP contribution in [0, 0.1) is 0 Å². The Hall–Kier alpha value is -1.73. The predicted octanol–water partition coefficient (Wildman–Crippen LogP) is -0.535. The minimum Gasteiger partial charge on any atom is -0.378 e. The Bertz CT molecular complexity index is 423. The summed E-state index contributed by atoms with van der Waals surface area (Å²) >= 11 is 0. The Balaban J connectivity index is 2.03. The number of nitrogens with one attached hydrogen (secondary N) is 2. The number of amides is 1. The van der Waals surface area contributed by atoms with Crippen molar-refractivity contribution >= 4 is 11.7 Å². The zero-order valence-electron chi connectivity index (χ0n) is 11.2. The lowest BCUT2D eigenvalue weighted by Gasteiger charge is -2.33. The van der Waals surface area contributed by atoms with Crippen LogP contribution in [0.15, 0.2) is 12.4 Å². The molecular formula is C12H19N5O2. The van der Waals surface area contributed by atoms with Gasteiger partial charge < -0.3 is 15.4 Å². The van der Waals surface area contributed by atoms with E-state index in [0.29, 0.717) is 26.3 Å². The quantitative estimate of drug-likeness (QED) is 0.761. The van der Waals surface area contributed by atoms with Crippen LogP contribution in [0.1, 0.15) is 5.69 Å². The van der Waals surface area contributed by atoms with E-state index < -0.39 is 0 Å². The highest BCUT2D eigenvalue weighted by Gasteiger charge is 2.28. The topological polar surface area (TPSA) is 79.4 Å². The van der Waals surface area contributed by atoms with Crippen molar-refractivity contribution < 1.29 is 9.53 Å². The zero-order valence-corrected chi connectivity index (χ0v) is 11.2. The molecule has 1 atom stereocenters. The molecule has 2 heterocycles. The predicted molar refractivity (Wildman–Crippen MR) is 70.7 cm³/mol. The second-order valence-electron chi connectivity index (χ2n) is 4.32. The van der Waals surface area contributed by atoms with Crippen LogP contribution in [0.3, 0.4) is 0 Å². The Morgan fingerprint density at radius 1 is 1.47 bits per heavy atom. The van der Waals surface area contributed by atoms with Crippen molar-refractivity contribution in [1.29, 1.82) is 0 Å². The fraction of sp³-hybridized carbons (Fsp3) is 0.583. The van der Waals surface area contributed by atoms with Gasteiger partial charge in [-0.3, -0.25) is 14.7 Å². The van der Waals surface area contributed by atoms with E-state index in [1.54, 1.807) is 26.5 Å². The summed E-state index contributed by atoms with van der Waals surface area (Å²) in [5.74, 6) is 0.702. The molecule has 2 N–H and O–H groups in total. The van der Waals surface area contributed by atoms with Crippen molar-refractivity contribution in [2.75, 3.05) is 39.2 Å². The molecular weight excluding hydrogens is 246 g/mol. The van der Waals surface area contributed by atoms with Crippen LogP contribution in [0.25, 0.3) is 0 Å². The largest absolute Gasteiger partial charge is 0.378 e. The number of aromatic nitrogens is 2. The minimum atomic E-state index is -0.260. The second kappa shape index (κ2) is 6.44. The van der Waals surface area contributed by atoms with Crippen molar-refractivity contribution in [2.24, 2.45) is 0 Å². The smallest absolute Gasteiger partial charge is 0.239 e. The summed E-state index contributed by atoms with van der Waals surface area (Å²) in [5.41, 5.74) is 0.842. The van der Waals surface area contributed by atoms with Gasteiger partial charge in [0.2, 0.25) is 5.91 Å². The lowest BCUT2D eigenvalue weighted by atomic mass is 10.2. The van der Waals surface area contributed by atoms with E-state index in [-0.39, 0.29) is 11.9 Å². The standard InChI is InChI=1S/C12H19N5O2/c1-13-11-6-15-9(5-16-11)7-17-3-4-19-8-10(17)12(18)14-2/h5-6,10H,3-4,7-8H2,1-2H3,(H,13,16)(H,14,18). The van der Waals surface area contributed by atoms with E-state index in [1.807, 2.05) is 0 Å². The average molecular weight is 265 g/mol. The molecule has 0 aromatic carbocycles. The third kappa shape index (κ3) is 3.39. The number of nitrogens with zero attached hydrogens (tertiary/aromatic N) is 3. The molecule has 1 amide bonds. The van der Waals surface area contributed by atoms with Gasteiger partial charge in [-0.25, -0.2) is 4.98 Å². The van der Waals surface area contributed by atoms with Crippen LogP contribution in [0.4, 0.5) is 5.82 Å². The first-order valence-electron chi connectivity index (χ1n) is 6.26. The number of carbonyl (C=O) groups excluding carboxylic acids is 1. The molecule has 1 aromatic rings. The number of hydrogen-bond donors (Lipinski definition) is 2. The van der Waals surface area contributed by atoms with Gasteiger partial charge in [0.1, 0.15) is 11.9 Å². The maximum absolute atomic E-state index is 11.8. The lowest BCUT2D eigenvalue weighted by molar-refractivity contribution is -0.132. The third-order valence-corrected chi connectivity index (χ3v) is 3.11. The van der Waals surface area contributed by atoms with Crippen LogP contribution in [-0.2, 0) is 16.1 Å². The lowest BCUT2D eigenvalue weighted by Crippen LogP contribution is -2.52. The Labute approximate surface area is 112 Å². The Morgan fingerprint density at radius 3 is 2.95 bits per heavy atom. The summed E-state index contributed by atoms with van der Waals surface area (Å²) in [6, 6.07) is -0.260. The fourth-order valence-electron chi connectivity index (χ4n) is 2.01. The van der Waals surface area contributed by atoms with Gasteiger partial charge in [-0.15, -0.1) is 0 Å². The molecule has 19 heavy (non-hydrogen) atoms. The van der Waals surface area contributed by atoms with Gasteiger partial charge in [0.25, 0.3) is 0 Å². The van der Waals surface area contributed by atoms with E-state index >= 15 is 0 Å². The maximum Gasteiger partial charge on any atom is 0.239 e. The van der Waals surface area contributed by atoms with Crippen molar-refractivity contribution in [2.45, 2.75) is 12.6 Å². The highest BCUT2D eigenvalue weighted by molar-refractivity contribution is 5.81. The molecule has 2 rings (SSSR count). The van der Waals surface area contributed by atoms with E-state index in [1.165, 1.54) is 0 Å². The van der Waals surface area contributed by atoms with Crippen molar-refractivity contribution in [1.82, 2.24) is 20.2 Å². The molecule has 1 unspecified atom stereocenters. The Kier molecular flexibility index (Phi) is 4.64. The number of rotatable bonds is 4. The molecule has 0 spiro atoms. The van der Waals surface area contributed by atoms with Gasteiger partial charge >= 0.3 is 0 Å². The molecule has 1 fully saturated rings. The number of ether oxygens (including phenoxy) is 1. The molecule has 1 saturated heterocycles. The molecule has 0 bridgehead atoms. The summed E-state index contributed by atoms with van der Waals surface area (Å²) in [6.45, 7) is 2.36. The number of anilines is 1. The molecule has 1 aliphatic heterocycles. The number of likely N-dealkylation sites (N-methyl/N-ethyl adjacent to an activating group) is 1. The minimum absolute atomic E-state index is 0.0282. The van der Waals surface area contributed by atoms with Gasteiger partial charge in [-0.05, 0) is 0 Å². The fourth-order valence-corrected chi connectivity index (χ4v) is 2.01. The van der Waals surface area contributed by atoms with Crippen molar-refractivity contribution in [3.8, 4) is 0 Å². The maximum atomic E-state index is 11.8. The Morgan fingerprint density at radius 2 is 2.32 bits per heavy atom. The summed E-state index contributed by atoms with van der Waals surface area (Å²) in [4.78, 5) is 22.4. The van der Waals surface area contributed by atoms with E-state index in [0.717, 1.165) is 11.5 Å². The molecule has 7 nitrogen and oxygen atoms in total. The summed E-state index contributed by atoms with van der Waals surface area (Å²) in [6.07, 6.45) is 3.41. The number of carbonyl (C=O) groups is 1. The number of hydrogen-bond acceptors (Lipinski definition) is 6. The molecule has 7 heteroatoms. The highest BCUT2D eigenvalue weighted by atomic mass is 16.5. The number of morpholine rings is 1. The molecule has 104 valence electrons. The van der Waals surface area contributed by atoms with Gasteiger partial charge in [-0.1, -0.05) is 0 Å². The first kappa shape index (κ1) is 13.7. The van der Waals surface area contributed by atoms with E-state index in [9.17, 15) is 4.79 Å². The van der Waals surface area contributed by atoms with E-state index in [2.05, 4.69) is 25.5 Å². The summed E-state index contributed by atoms with van der Waals surface area (Å²) in [5, 5.41) is 5.58. The SMILES string of the molecule is CNC(=O)C1COCCN1Cc1cnc(NC)cn1. The van der Waals surface area contributed by atoms with E-state index in [4.69, 9.17) is 4.74 Å². The normalized spacial score (nSPS) is 20.0. The van der Waals surface area contributed by atoms with Crippen LogP contribution in [-0.4, -0.2) is 60.7 Å². The van der Waals surface area contributed by atoms with Crippen LogP contribution in [0.5, 0.6) is 0 Å². The summed E-state index contributed by atoms with van der Waals surface area (Å²) in [7, 11) is 3.43. The first-order valence-corrected chi connectivity index (χ1v) is 6.26. The monoisotopic (exact) mass is 265 g/mol. The summed E-state index contributed by atoms with van der Waals surface area (Å²) < 4.78 is 5.36. The van der Waals surface area contributed by atoms with Crippen LogP contribution >= 0.6 is 0 Å². The zero-order chi connectivity index (χ0) is 13.7. The van der Waals surface area contributed by atoms with Crippen molar-refractivity contribution in [3.05, 3.63) is 18.1 Å². The van der Waals surface area contributed by atoms with Gasteiger partial charge in [-0.2, -0.15) is 0 Å². The first-order chi connectivity index (χ1) is 9.24. The van der Waals surface area contributed by atoms with Crippen molar-refractivity contribution in [3.63, 3.8) is 0 Å². The average Bonchev–Trinajstić information content (AvgIpc) is 2.48. The van der Waals surface area contributed by atoms with Gasteiger partial charge in [0, 0.05) is 27.2 Å².